The Balaban J connectivity index is 2.62. The lowest BCUT2D eigenvalue weighted by Gasteiger charge is -2.19. The van der Waals surface area contributed by atoms with Gasteiger partial charge in [-0.2, -0.15) is 0 Å². The first-order valence-corrected chi connectivity index (χ1v) is 5.41. The Bertz CT molecular complexity index is 331. The molecule has 0 fully saturated rings. The molecule has 0 atom stereocenters. The maximum atomic E-state index is 11.7. The van der Waals surface area contributed by atoms with Crippen molar-refractivity contribution in [1.82, 2.24) is 4.90 Å². The van der Waals surface area contributed by atoms with Gasteiger partial charge in [0.25, 0.3) is 0 Å². The largest absolute Gasteiger partial charge is 0.497 e. The summed E-state index contributed by atoms with van der Waals surface area (Å²) in [5.41, 5.74) is 0.776. The van der Waals surface area contributed by atoms with E-state index in [9.17, 15) is 4.79 Å². The third-order valence-electron chi connectivity index (χ3n) is 2.39. The summed E-state index contributed by atoms with van der Waals surface area (Å²) in [6.45, 7) is 5.32. The number of anilines is 1. The molecule has 0 aliphatic carbocycles. The Kier molecular flexibility index (Phi) is 4.64. The van der Waals surface area contributed by atoms with Crippen LogP contribution < -0.4 is 10.1 Å². The van der Waals surface area contributed by atoms with Crippen molar-refractivity contribution in [2.75, 3.05) is 25.5 Å². The second-order valence-corrected chi connectivity index (χ2v) is 3.33. The van der Waals surface area contributed by atoms with Crippen LogP contribution in [-0.2, 0) is 0 Å². The van der Waals surface area contributed by atoms with Crippen LogP contribution in [0.3, 0.4) is 0 Å². The Hall–Kier alpha value is -1.71. The van der Waals surface area contributed by atoms with E-state index in [0.717, 1.165) is 11.4 Å². The van der Waals surface area contributed by atoms with E-state index in [-0.39, 0.29) is 6.03 Å². The van der Waals surface area contributed by atoms with Gasteiger partial charge in [0.15, 0.2) is 0 Å². The van der Waals surface area contributed by atoms with Gasteiger partial charge in [-0.05, 0) is 38.1 Å². The smallest absolute Gasteiger partial charge is 0.321 e. The summed E-state index contributed by atoms with van der Waals surface area (Å²) in [6.07, 6.45) is 0. The van der Waals surface area contributed by atoms with Crippen LogP contribution >= 0.6 is 0 Å². The highest BCUT2D eigenvalue weighted by molar-refractivity contribution is 5.89. The quantitative estimate of drug-likeness (QED) is 0.850. The average Bonchev–Trinajstić information content (AvgIpc) is 2.31. The summed E-state index contributed by atoms with van der Waals surface area (Å²) in [5.74, 6) is 0.779. The Morgan fingerprint density at radius 3 is 2.25 bits per heavy atom. The van der Waals surface area contributed by atoms with Crippen molar-refractivity contribution in [3.05, 3.63) is 24.3 Å². The van der Waals surface area contributed by atoms with Crippen LogP contribution in [-0.4, -0.2) is 31.1 Å². The van der Waals surface area contributed by atoms with Crippen molar-refractivity contribution in [2.45, 2.75) is 13.8 Å². The van der Waals surface area contributed by atoms with Crippen LogP contribution in [0.2, 0.25) is 0 Å². The van der Waals surface area contributed by atoms with E-state index in [1.807, 2.05) is 38.1 Å². The lowest BCUT2D eigenvalue weighted by atomic mass is 10.3. The topological polar surface area (TPSA) is 41.6 Å². The van der Waals surface area contributed by atoms with Crippen LogP contribution in [0.25, 0.3) is 0 Å². The van der Waals surface area contributed by atoms with Crippen molar-refractivity contribution >= 4 is 11.7 Å². The number of carbonyl (C=O) groups is 1. The number of carbonyl (C=O) groups excluding carboxylic acids is 1. The molecule has 88 valence electrons. The highest BCUT2D eigenvalue weighted by Gasteiger charge is 2.08. The minimum atomic E-state index is -0.0739. The van der Waals surface area contributed by atoms with Gasteiger partial charge in [0.05, 0.1) is 7.11 Å². The fourth-order valence-corrected chi connectivity index (χ4v) is 1.39. The molecular formula is C12H18N2O2. The second-order valence-electron chi connectivity index (χ2n) is 3.33. The van der Waals surface area contributed by atoms with Crippen molar-refractivity contribution in [3.63, 3.8) is 0 Å². The predicted molar refractivity (Wildman–Crippen MR) is 64.9 cm³/mol. The lowest BCUT2D eigenvalue weighted by molar-refractivity contribution is 0.217. The molecule has 0 aliphatic rings. The number of ether oxygens (including phenoxy) is 1. The standard InChI is InChI=1S/C12H18N2O2/c1-4-14(5-2)12(15)13-10-6-8-11(16-3)9-7-10/h6-9H,4-5H2,1-3H3,(H,13,15). The summed E-state index contributed by atoms with van der Waals surface area (Å²) in [6, 6.07) is 7.20. The molecule has 1 aromatic carbocycles. The molecule has 1 N–H and O–H groups in total. The predicted octanol–water partition coefficient (Wildman–Crippen LogP) is 2.57. The molecule has 0 heterocycles. The first-order valence-electron chi connectivity index (χ1n) is 5.41. The summed E-state index contributed by atoms with van der Waals surface area (Å²) in [5, 5.41) is 2.83. The molecular weight excluding hydrogens is 204 g/mol. The first kappa shape index (κ1) is 12.4. The number of nitrogens with one attached hydrogen (secondary N) is 1. The zero-order valence-electron chi connectivity index (χ0n) is 9.99. The van der Waals surface area contributed by atoms with E-state index in [4.69, 9.17) is 4.74 Å². The van der Waals surface area contributed by atoms with Crippen molar-refractivity contribution < 1.29 is 9.53 Å². The third kappa shape index (κ3) is 3.15. The van der Waals surface area contributed by atoms with Crippen LogP contribution in [0.5, 0.6) is 5.75 Å². The number of urea groups is 1. The summed E-state index contributed by atoms with van der Waals surface area (Å²) < 4.78 is 5.04. The van der Waals surface area contributed by atoms with Crippen LogP contribution in [0.15, 0.2) is 24.3 Å². The number of methoxy groups -OCH3 is 1. The van der Waals surface area contributed by atoms with E-state index >= 15 is 0 Å². The Labute approximate surface area is 96.2 Å². The SMILES string of the molecule is CCN(CC)C(=O)Nc1ccc(OC)cc1. The molecule has 0 aliphatic heterocycles. The van der Waals surface area contributed by atoms with E-state index in [1.165, 1.54) is 0 Å². The van der Waals surface area contributed by atoms with E-state index in [2.05, 4.69) is 5.32 Å². The summed E-state index contributed by atoms with van der Waals surface area (Å²) in [7, 11) is 1.61. The minimum Gasteiger partial charge on any atom is -0.497 e. The first-order chi connectivity index (χ1) is 7.71. The molecule has 4 heteroatoms. The molecule has 0 spiro atoms. The van der Waals surface area contributed by atoms with Crippen LogP contribution in [0, 0.1) is 0 Å². The van der Waals surface area contributed by atoms with Gasteiger partial charge in [-0.25, -0.2) is 4.79 Å². The molecule has 4 nitrogen and oxygen atoms in total. The number of benzene rings is 1. The fourth-order valence-electron chi connectivity index (χ4n) is 1.39. The molecule has 1 aromatic rings. The highest BCUT2D eigenvalue weighted by atomic mass is 16.5. The van der Waals surface area contributed by atoms with Gasteiger partial charge in [-0.3, -0.25) is 0 Å². The average molecular weight is 222 g/mol. The van der Waals surface area contributed by atoms with E-state index in [1.54, 1.807) is 12.0 Å². The van der Waals surface area contributed by atoms with Crippen LogP contribution in [0.1, 0.15) is 13.8 Å². The zero-order valence-corrected chi connectivity index (χ0v) is 9.99. The van der Waals surface area contributed by atoms with E-state index < -0.39 is 0 Å². The highest BCUT2D eigenvalue weighted by Crippen LogP contribution is 2.15. The molecule has 0 bridgehead atoms. The van der Waals surface area contributed by atoms with Gasteiger partial charge in [0.2, 0.25) is 0 Å². The lowest BCUT2D eigenvalue weighted by Crippen LogP contribution is -2.34. The van der Waals surface area contributed by atoms with Gasteiger partial charge in [-0.1, -0.05) is 0 Å². The van der Waals surface area contributed by atoms with Gasteiger partial charge in [0.1, 0.15) is 5.75 Å². The molecule has 0 unspecified atom stereocenters. The number of amides is 2. The van der Waals surface area contributed by atoms with Crippen LogP contribution in [0.4, 0.5) is 10.5 Å². The number of rotatable bonds is 4. The maximum Gasteiger partial charge on any atom is 0.321 e. The Morgan fingerprint density at radius 2 is 1.81 bits per heavy atom. The summed E-state index contributed by atoms with van der Waals surface area (Å²) in [4.78, 5) is 13.4. The van der Waals surface area contributed by atoms with Gasteiger partial charge < -0.3 is 15.0 Å². The summed E-state index contributed by atoms with van der Waals surface area (Å²) >= 11 is 0. The number of hydrogen-bond donors (Lipinski definition) is 1. The molecule has 0 saturated carbocycles. The third-order valence-corrected chi connectivity index (χ3v) is 2.39. The normalized spacial score (nSPS) is 9.69. The molecule has 2 amide bonds. The molecule has 1 rings (SSSR count). The maximum absolute atomic E-state index is 11.7. The van der Waals surface area contributed by atoms with Crippen molar-refractivity contribution in [2.24, 2.45) is 0 Å². The van der Waals surface area contributed by atoms with Gasteiger partial charge in [-0.15, -0.1) is 0 Å². The van der Waals surface area contributed by atoms with Gasteiger partial charge in [0, 0.05) is 18.8 Å². The minimum absolute atomic E-state index is 0.0739. The van der Waals surface area contributed by atoms with Crippen molar-refractivity contribution in [3.8, 4) is 5.75 Å². The number of hydrogen-bond acceptors (Lipinski definition) is 2. The Morgan fingerprint density at radius 1 is 1.25 bits per heavy atom. The molecule has 0 saturated heterocycles. The second kappa shape index (κ2) is 6.00. The molecule has 0 aromatic heterocycles. The zero-order chi connectivity index (χ0) is 12.0. The van der Waals surface area contributed by atoms with Crippen molar-refractivity contribution in [1.29, 1.82) is 0 Å². The monoisotopic (exact) mass is 222 g/mol. The van der Waals surface area contributed by atoms with E-state index in [0.29, 0.717) is 13.1 Å². The van der Waals surface area contributed by atoms with Gasteiger partial charge >= 0.3 is 6.03 Å². The number of nitrogens with zero attached hydrogens (tertiary/aromatic N) is 1. The fraction of sp³-hybridized carbons (Fsp3) is 0.417. The molecule has 16 heavy (non-hydrogen) atoms. The molecule has 0 radical (unpaired) electrons.